The van der Waals surface area contributed by atoms with Gasteiger partial charge in [-0.05, 0) is 53.0 Å². The SMILES string of the molecule is COc1cc(C(N)c2ccc(C)cc2C)c(OC)cc1Br. The van der Waals surface area contributed by atoms with Crippen molar-refractivity contribution in [1.29, 1.82) is 0 Å². The van der Waals surface area contributed by atoms with Crippen LogP contribution in [0.3, 0.4) is 0 Å². The highest BCUT2D eigenvalue weighted by atomic mass is 79.9. The molecule has 0 aliphatic heterocycles. The van der Waals surface area contributed by atoms with Crippen molar-refractivity contribution in [2.24, 2.45) is 5.73 Å². The van der Waals surface area contributed by atoms with Crippen molar-refractivity contribution in [2.75, 3.05) is 14.2 Å². The molecular weight excluding hydrogens is 330 g/mol. The molecule has 21 heavy (non-hydrogen) atoms. The molecule has 112 valence electrons. The molecule has 2 N–H and O–H groups in total. The lowest BCUT2D eigenvalue weighted by Crippen LogP contribution is -2.15. The molecule has 2 aromatic carbocycles. The van der Waals surface area contributed by atoms with E-state index in [1.807, 2.05) is 12.1 Å². The van der Waals surface area contributed by atoms with Crippen LogP contribution in [-0.4, -0.2) is 14.2 Å². The average Bonchev–Trinajstić information content (AvgIpc) is 2.46. The van der Waals surface area contributed by atoms with E-state index >= 15 is 0 Å². The fourth-order valence-corrected chi connectivity index (χ4v) is 2.95. The first-order chi connectivity index (χ1) is 9.97. The van der Waals surface area contributed by atoms with Crippen molar-refractivity contribution in [2.45, 2.75) is 19.9 Å². The highest BCUT2D eigenvalue weighted by Crippen LogP contribution is 2.37. The van der Waals surface area contributed by atoms with Crippen molar-refractivity contribution in [1.82, 2.24) is 0 Å². The van der Waals surface area contributed by atoms with Crippen LogP contribution in [0.4, 0.5) is 0 Å². The smallest absolute Gasteiger partial charge is 0.133 e. The fourth-order valence-electron chi connectivity index (χ4n) is 2.47. The van der Waals surface area contributed by atoms with E-state index in [-0.39, 0.29) is 6.04 Å². The normalized spacial score (nSPS) is 12.1. The Bertz CT molecular complexity index is 655. The maximum atomic E-state index is 6.47. The van der Waals surface area contributed by atoms with Crippen molar-refractivity contribution in [3.05, 3.63) is 57.1 Å². The van der Waals surface area contributed by atoms with E-state index in [1.54, 1.807) is 14.2 Å². The summed E-state index contributed by atoms with van der Waals surface area (Å²) in [6.07, 6.45) is 0. The van der Waals surface area contributed by atoms with E-state index in [2.05, 4.69) is 48.0 Å². The van der Waals surface area contributed by atoms with Crippen LogP contribution in [0.25, 0.3) is 0 Å². The Kier molecular flexibility index (Phi) is 4.91. The average molecular weight is 350 g/mol. The zero-order valence-electron chi connectivity index (χ0n) is 12.7. The van der Waals surface area contributed by atoms with Gasteiger partial charge in [0, 0.05) is 5.56 Å². The predicted molar refractivity (Wildman–Crippen MR) is 89.2 cm³/mol. The van der Waals surface area contributed by atoms with E-state index in [9.17, 15) is 0 Å². The Balaban J connectivity index is 2.53. The first kappa shape index (κ1) is 15.9. The van der Waals surface area contributed by atoms with Gasteiger partial charge >= 0.3 is 0 Å². The van der Waals surface area contributed by atoms with Gasteiger partial charge in [-0.2, -0.15) is 0 Å². The van der Waals surface area contributed by atoms with Gasteiger partial charge in [-0.1, -0.05) is 23.8 Å². The minimum Gasteiger partial charge on any atom is -0.496 e. The quantitative estimate of drug-likeness (QED) is 0.902. The van der Waals surface area contributed by atoms with Gasteiger partial charge < -0.3 is 15.2 Å². The van der Waals surface area contributed by atoms with Gasteiger partial charge in [-0.15, -0.1) is 0 Å². The zero-order valence-corrected chi connectivity index (χ0v) is 14.3. The molecule has 0 fully saturated rings. The van der Waals surface area contributed by atoms with Gasteiger partial charge in [0.1, 0.15) is 11.5 Å². The number of hydrogen-bond acceptors (Lipinski definition) is 3. The molecule has 2 rings (SSSR count). The molecule has 0 heterocycles. The summed E-state index contributed by atoms with van der Waals surface area (Å²) in [7, 11) is 3.28. The van der Waals surface area contributed by atoms with Crippen LogP contribution in [-0.2, 0) is 0 Å². The van der Waals surface area contributed by atoms with E-state index in [1.165, 1.54) is 11.1 Å². The summed E-state index contributed by atoms with van der Waals surface area (Å²) >= 11 is 3.47. The number of ether oxygens (including phenoxy) is 2. The van der Waals surface area contributed by atoms with Crippen molar-refractivity contribution in [3.63, 3.8) is 0 Å². The lowest BCUT2D eigenvalue weighted by atomic mass is 9.94. The molecule has 0 saturated heterocycles. The molecule has 0 bridgehead atoms. The number of aryl methyl sites for hydroxylation is 2. The molecule has 2 aromatic rings. The second kappa shape index (κ2) is 6.50. The summed E-state index contributed by atoms with van der Waals surface area (Å²) in [5.74, 6) is 1.49. The van der Waals surface area contributed by atoms with Crippen LogP contribution >= 0.6 is 15.9 Å². The van der Waals surface area contributed by atoms with Crippen molar-refractivity contribution < 1.29 is 9.47 Å². The third kappa shape index (κ3) is 3.22. The van der Waals surface area contributed by atoms with E-state index < -0.39 is 0 Å². The van der Waals surface area contributed by atoms with Crippen molar-refractivity contribution >= 4 is 15.9 Å². The lowest BCUT2D eigenvalue weighted by Gasteiger charge is -2.20. The van der Waals surface area contributed by atoms with Gasteiger partial charge in [0.25, 0.3) is 0 Å². The fraction of sp³-hybridized carbons (Fsp3) is 0.294. The number of rotatable bonds is 4. The molecule has 0 amide bonds. The second-order valence-corrected chi connectivity index (χ2v) is 5.92. The third-order valence-electron chi connectivity index (χ3n) is 3.60. The molecular formula is C17H20BrNO2. The lowest BCUT2D eigenvalue weighted by molar-refractivity contribution is 0.395. The maximum Gasteiger partial charge on any atom is 0.133 e. The highest BCUT2D eigenvalue weighted by molar-refractivity contribution is 9.10. The largest absolute Gasteiger partial charge is 0.496 e. The minimum absolute atomic E-state index is 0.262. The minimum atomic E-state index is -0.262. The van der Waals surface area contributed by atoms with Crippen LogP contribution < -0.4 is 15.2 Å². The number of halogens is 1. The van der Waals surface area contributed by atoms with Crippen LogP contribution in [0, 0.1) is 13.8 Å². The molecule has 3 nitrogen and oxygen atoms in total. The second-order valence-electron chi connectivity index (χ2n) is 5.07. The molecule has 0 aliphatic rings. The summed E-state index contributed by atoms with van der Waals surface area (Å²) < 4.78 is 11.7. The molecule has 0 radical (unpaired) electrons. The topological polar surface area (TPSA) is 44.5 Å². The van der Waals surface area contributed by atoms with Crippen LogP contribution in [0.2, 0.25) is 0 Å². The standard InChI is InChI=1S/C17H20BrNO2/c1-10-5-6-12(11(2)7-10)17(19)13-8-16(21-4)14(18)9-15(13)20-3/h5-9,17H,19H2,1-4H3. The van der Waals surface area contributed by atoms with Gasteiger partial charge in [-0.25, -0.2) is 0 Å². The third-order valence-corrected chi connectivity index (χ3v) is 4.22. The molecule has 1 unspecified atom stereocenters. The van der Waals surface area contributed by atoms with E-state index in [0.717, 1.165) is 27.1 Å². The van der Waals surface area contributed by atoms with Gasteiger partial charge in [0.2, 0.25) is 0 Å². The molecule has 0 aromatic heterocycles. The Hall–Kier alpha value is -1.52. The Labute approximate surface area is 134 Å². The van der Waals surface area contributed by atoms with E-state index in [0.29, 0.717) is 0 Å². The number of methoxy groups -OCH3 is 2. The predicted octanol–water partition coefficient (Wildman–Crippen LogP) is 4.13. The summed E-state index contributed by atoms with van der Waals surface area (Å²) in [4.78, 5) is 0. The Morgan fingerprint density at radius 2 is 1.62 bits per heavy atom. The summed E-state index contributed by atoms with van der Waals surface area (Å²) in [6, 6.07) is 9.83. The Morgan fingerprint density at radius 3 is 2.19 bits per heavy atom. The first-order valence-electron chi connectivity index (χ1n) is 6.72. The molecule has 0 spiro atoms. The summed E-state index contributed by atoms with van der Waals surface area (Å²) in [5.41, 5.74) is 10.9. The van der Waals surface area contributed by atoms with Crippen LogP contribution in [0.5, 0.6) is 11.5 Å². The van der Waals surface area contributed by atoms with Gasteiger partial charge in [0.15, 0.2) is 0 Å². The van der Waals surface area contributed by atoms with E-state index in [4.69, 9.17) is 15.2 Å². The number of benzene rings is 2. The monoisotopic (exact) mass is 349 g/mol. The maximum absolute atomic E-state index is 6.47. The zero-order chi connectivity index (χ0) is 15.6. The highest BCUT2D eigenvalue weighted by Gasteiger charge is 2.18. The molecule has 1 atom stereocenters. The van der Waals surface area contributed by atoms with Crippen LogP contribution in [0.1, 0.15) is 28.3 Å². The molecule has 4 heteroatoms. The molecule has 0 saturated carbocycles. The summed E-state index contributed by atoms with van der Waals surface area (Å²) in [6.45, 7) is 4.15. The Morgan fingerprint density at radius 1 is 0.952 bits per heavy atom. The number of nitrogens with two attached hydrogens (primary N) is 1. The van der Waals surface area contributed by atoms with Gasteiger partial charge in [0.05, 0.1) is 24.7 Å². The first-order valence-corrected chi connectivity index (χ1v) is 7.51. The molecule has 0 aliphatic carbocycles. The number of hydrogen-bond donors (Lipinski definition) is 1. The van der Waals surface area contributed by atoms with Gasteiger partial charge in [-0.3, -0.25) is 0 Å². The van der Waals surface area contributed by atoms with Crippen molar-refractivity contribution in [3.8, 4) is 11.5 Å². The summed E-state index contributed by atoms with van der Waals surface area (Å²) in [5, 5.41) is 0. The van der Waals surface area contributed by atoms with Crippen LogP contribution in [0.15, 0.2) is 34.8 Å².